The molecule has 4 rings (SSSR count). The van der Waals surface area contributed by atoms with Gasteiger partial charge in [0.25, 0.3) is 0 Å². The van der Waals surface area contributed by atoms with Gasteiger partial charge in [-0.2, -0.15) is 0 Å². The Hall–Kier alpha value is -3.19. The SMILES string of the molecule is CC(C)(N)C(=O)NC(Cc1c[nH]c2cc(F)ccc12)C(=O)N1CCC(c2ccccc2)CC1. The number of nitrogens with one attached hydrogen (secondary N) is 2. The van der Waals surface area contributed by atoms with Crippen molar-refractivity contribution in [2.75, 3.05) is 13.1 Å². The third kappa shape index (κ3) is 5.25. The molecular weight excluding hydrogens is 419 g/mol. The van der Waals surface area contributed by atoms with Crippen molar-refractivity contribution >= 4 is 22.7 Å². The van der Waals surface area contributed by atoms with Crippen LogP contribution in [-0.2, 0) is 16.0 Å². The number of fused-ring (bicyclic) bond motifs is 1. The predicted molar refractivity (Wildman–Crippen MR) is 127 cm³/mol. The lowest BCUT2D eigenvalue weighted by molar-refractivity contribution is -0.138. The molecule has 1 atom stereocenters. The molecule has 1 aromatic heterocycles. The molecular formula is C26H31FN4O2. The summed E-state index contributed by atoms with van der Waals surface area (Å²) in [5.41, 5.74) is 7.67. The number of hydrogen-bond donors (Lipinski definition) is 3. The molecule has 4 N–H and O–H groups in total. The van der Waals surface area contributed by atoms with E-state index < -0.39 is 11.6 Å². The second-order valence-electron chi connectivity index (χ2n) is 9.47. The minimum atomic E-state index is -1.11. The fourth-order valence-electron chi connectivity index (χ4n) is 4.47. The van der Waals surface area contributed by atoms with Crippen LogP contribution < -0.4 is 11.1 Å². The van der Waals surface area contributed by atoms with Gasteiger partial charge in [-0.3, -0.25) is 9.59 Å². The smallest absolute Gasteiger partial charge is 0.245 e. The number of hydrogen-bond acceptors (Lipinski definition) is 3. The summed E-state index contributed by atoms with van der Waals surface area (Å²) in [4.78, 5) is 31.1. The largest absolute Gasteiger partial charge is 0.361 e. The Balaban J connectivity index is 1.51. The first kappa shape index (κ1) is 23.0. The van der Waals surface area contributed by atoms with Crippen molar-refractivity contribution in [3.8, 4) is 0 Å². The quantitative estimate of drug-likeness (QED) is 0.537. The molecule has 1 aliphatic rings. The van der Waals surface area contributed by atoms with Crippen molar-refractivity contribution < 1.29 is 14.0 Å². The Morgan fingerprint density at radius 3 is 2.55 bits per heavy atom. The van der Waals surface area contributed by atoms with Gasteiger partial charge in [0.05, 0.1) is 5.54 Å². The minimum Gasteiger partial charge on any atom is -0.361 e. The molecule has 1 fully saturated rings. The molecule has 174 valence electrons. The van der Waals surface area contributed by atoms with Crippen molar-refractivity contribution in [1.82, 2.24) is 15.2 Å². The summed E-state index contributed by atoms with van der Waals surface area (Å²) >= 11 is 0. The topological polar surface area (TPSA) is 91.2 Å². The number of amides is 2. The lowest BCUT2D eigenvalue weighted by Crippen LogP contribution is -2.57. The molecule has 0 saturated carbocycles. The zero-order valence-corrected chi connectivity index (χ0v) is 19.1. The zero-order valence-electron chi connectivity index (χ0n) is 19.1. The van der Waals surface area contributed by atoms with E-state index in [-0.39, 0.29) is 17.6 Å². The molecule has 0 bridgehead atoms. The number of nitrogens with zero attached hydrogens (tertiary/aromatic N) is 1. The monoisotopic (exact) mass is 450 g/mol. The highest BCUT2D eigenvalue weighted by atomic mass is 19.1. The summed E-state index contributed by atoms with van der Waals surface area (Å²) < 4.78 is 13.6. The number of halogens is 1. The van der Waals surface area contributed by atoms with Gasteiger partial charge in [0, 0.05) is 36.6 Å². The van der Waals surface area contributed by atoms with E-state index in [1.54, 1.807) is 26.1 Å². The first-order chi connectivity index (χ1) is 15.7. The standard InChI is InChI=1S/C26H31FN4O2/c1-26(2,28)25(33)30-23(14-19-16-29-22-15-20(27)8-9-21(19)22)24(32)31-12-10-18(11-13-31)17-6-4-3-5-7-17/h3-9,15-16,18,23,29H,10-14,28H2,1-2H3,(H,30,33). The predicted octanol–water partition coefficient (Wildman–Crippen LogP) is 3.48. The lowest BCUT2D eigenvalue weighted by atomic mass is 9.89. The van der Waals surface area contributed by atoms with Crippen LogP contribution in [0.4, 0.5) is 4.39 Å². The van der Waals surface area contributed by atoms with Crippen molar-refractivity contribution in [2.24, 2.45) is 5.73 Å². The third-order valence-corrected chi connectivity index (χ3v) is 6.42. The van der Waals surface area contributed by atoms with Gasteiger partial charge in [-0.1, -0.05) is 30.3 Å². The third-order valence-electron chi connectivity index (χ3n) is 6.42. The van der Waals surface area contributed by atoms with E-state index in [1.807, 2.05) is 23.1 Å². The number of H-pyrrole nitrogens is 1. The molecule has 0 spiro atoms. The van der Waals surface area contributed by atoms with Gasteiger partial charge in [-0.05, 0) is 61.9 Å². The van der Waals surface area contributed by atoms with Crippen molar-refractivity contribution in [3.63, 3.8) is 0 Å². The summed E-state index contributed by atoms with van der Waals surface area (Å²) in [7, 11) is 0. The number of aromatic nitrogens is 1. The number of carbonyl (C=O) groups is 2. The van der Waals surface area contributed by atoms with Crippen LogP contribution in [-0.4, -0.2) is 46.4 Å². The highest BCUT2D eigenvalue weighted by Crippen LogP contribution is 2.28. The zero-order chi connectivity index (χ0) is 23.6. The molecule has 3 aromatic rings. The molecule has 0 radical (unpaired) electrons. The van der Waals surface area contributed by atoms with E-state index in [0.717, 1.165) is 23.8 Å². The van der Waals surface area contributed by atoms with E-state index in [1.165, 1.54) is 17.7 Å². The maximum absolute atomic E-state index is 13.6. The van der Waals surface area contributed by atoms with Gasteiger partial charge in [0.1, 0.15) is 11.9 Å². The average Bonchev–Trinajstić information content (AvgIpc) is 3.19. The van der Waals surface area contributed by atoms with Gasteiger partial charge in [-0.25, -0.2) is 4.39 Å². The summed E-state index contributed by atoms with van der Waals surface area (Å²) in [6.45, 7) is 4.50. The molecule has 2 heterocycles. The van der Waals surface area contributed by atoms with Crippen molar-refractivity contribution in [3.05, 3.63) is 71.7 Å². The molecule has 33 heavy (non-hydrogen) atoms. The Labute approximate surface area is 193 Å². The van der Waals surface area contributed by atoms with E-state index in [4.69, 9.17) is 5.73 Å². The molecule has 0 aliphatic carbocycles. The molecule has 2 amide bonds. The van der Waals surface area contributed by atoms with Crippen LogP contribution >= 0.6 is 0 Å². The van der Waals surface area contributed by atoms with Gasteiger partial charge in [-0.15, -0.1) is 0 Å². The van der Waals surface area contributed by atoms with Gasteiger partial charge in [0.2, 0.25) is 11.8 Å². The Kier molecular flexibility index (Phi) is 6.51. The highest BCUT2D eigenvalue weighted by molar-refractivity contribution is 5.92. The summed E-state index contributed by atoms with van der Waals surface area (Å²) in [6.07, 6.45) is 3.83. The van der Waals surface area contributed by atoms with Crippen LogP contribution in [0.15, 0.2) is 54.7 Å². The number of benzene rings is 2. The molecule has 6 nitrogen and oxygen atoms in total. The molecule has 1 aliphatic heterocycles. The normalized spacial score (nSPS) is 16.1. The number of piperidine rings is 1. The van der Waals surface area contributed by atoms with Crippen LogP contribution in [0, 0.1) is 5.82 Å². The fraction of sp³-hybridized carbons (Fsp3) is 0.385. The van der Waals surface area contributed by atoms with Crippen LogP contribution in [0.1, 0.15) is 43.7 Å². The lowest BCUT2D eigenvalue weighted by Gasteiger charge is -2.35. The Morgan fingerprint density at radius 1 is 1.18 bits per heavy atom. The Morgan fingerprint density at radius 2 is 1.88 bits per heavy atom. The number of carbonyl (C=O) groups excluding carboxylic acids is 2. The second-order valence-corrected chi connectivity index (χ2v) is 9.47. The summed E-state index contributed by atoms with van der Waals surface area (Å²) in [6, 6.07) is 14.1. The van der Waals surface area contributed by atoms with E-state index in [2.05, 4.69) is 22.4 Å². The van der Waals surface area contributed by atoms with Crippen molar-refractivity contribution in [1.29, 1.82) is 0 Å². The Bertz CT molecular complexity index is 1130. The summed E-state index contributed by atoms with van der Waals surface area (Å²) in [5, 5.41) is 3.70. The van der Waals surface area contributed by atoms with Crippen LogP contribution in [0.5, 0.6) is 0 Å². The first-order valence-electron chi connectivity index (χ1n) is 11.4. The van der Waals surface area contributed by atoms with E-state index in [0.29, 0.717) is 30.9 Å². The first-order valence-corrected chi connectivity index (χ1v) is 11.4. The average molecular weight is 451 g/mol. The molecule has 1 saturated heterocycles. The van der Waals surface area contributed by atoms with Crippen LogP contribution in [0.25, 0.3) is 10.9 Å². The maximum Gasteiger partial charge on any atom is 0.245 e. The maximum atomic E-state index is 13.6. The fourth-order valence-corrected chi connectivity index (χ4v) is 4.47. The number of likely N-dealkylation sites (tertiary alicyclic amines) is 1. The van der Waals surface area contributed by atoms with Crippen molar-refractivity contribution in [2.45, 2.75) is 50.6 Å². The van der Waals surface area contributed by atoms with Gasteiger partial charge >= 0.3 is 0 Å². The number of nitrogens with two attached hydrogens (primary N) is 1. The summed E-state index contributed by atoms with van der Waals surface area (Å²) in [5.74, 6) is -0.403. The van der Waals surface area contributed by atoms with Crippen LogP contribution in [0.3, 0.4) is 0 Å². The molecule has 1 unspecified atom stereocenters. The molecule has 7 heteroatoms. The van der Waals surface area contributed by atoms with E-state index in [9.17, 15) is 14.0 Å². The van der Waals surface area contributed by atoms with Gasteiger partial charge in [0.15, 0.2) is 0 Å². The van der Waals surface area contributed by atoms with Crippen LogP contribution in [0.2, 0.25) is 0 Å². The second kappa shape index (κ2) is 9.35. The number of rotatable bonds is 6. The number of aromatic amines is 1. The minimum absolute atomic E-state index is 0.115. The highest BCUT2D eigenvalue weighted by Gasteiger charge is 2.33. The molecule has 2 aromatic carbocycles. The van der Waals surface area contributed by atoms with E-state index >= 15 is 0 Å². The van der Waals surface area contributed by atoms with Gasteiger partial charge < -0.3 is 20.9 Å².